The summed E-state index contributed by atoms with van der Waals surface area (Å²) in [5.74, 6) is 1.41. The van der Waals surface area contributed by atoms with Crippen molar-refractivity contribution in [2.75, 3.05) is 0 Å². The summed E-state index contributed by atoms with van der Waals surface area (Å²) >= 11 is 0. The first kappa shape index (κ1) is 15.5. The highest BCUT2D eigenvalue weighted by molar-refractivity contribution is 5.36. The monoisotopic (exact) mass is 311 g/mol. The number of hydrogen-bond acceptors (Lipinski definition) is 4. The van der Waals surface area contributed by atoms with E-state index in [0.29, 0.717) is 12.3 Å². The lowest BCUT2D eigenvalue weighted by molar-refractivity contribution is 0.242. The molecule has 5 nitrogen and oxygen atoms in total. The highest BCUT2D eigenvalue weighted by Gasteiger charge is 2.12. The molecule has 0 bridgehead atoms. The third-order valence-electron chi connectivity index (χ3n) is 3.92. The average molecular weight is 311 g/mol. The molecule has 0 saturated heterocycles. The molecule has 23 heavy (non-hydrogen) atoms. The van der Waals surface area contributed by atoms with Crippen molar-refractivity contribution in [3.05, 3.63) is 70.9 Å². The van der Waals surface area contributed by atoms with Crippen molar-refractivity contribution in [2.45, 2.75) is 33.5 Å². The third-order valence-corrected chi connectivity index (χ3v) is 3.92. The summed E-state index contributed by atoms with van der Waals surface area (Å²) in [7, 11) is 0. The van der Waals surface area contributed by atoms with Gasteiger partial charge >= 0.3 is 0 Å². The summed E-state index contributed by atoms with van der Waals surface area (Å²) in [6, 6.07) is 13.8. The molecule has 0 unspecified atom stereocenters. The highest BCUT2D eigenvalue weighted by atomic mass is 16.4. The van der Waals surface area contributed by atoms with Crippen molar-refractivity contribution in [3.63, 3.8) is 0 Å². The lowest BCUT2D eigenvalue weighted by Crippen LogP contribution is -2.13. The minimum absolute atomic E-state index is 0.0674. The summed E-state index contributed by atoms with van der Waals surface area (Å²) in [5, 5.41) is 17.0. The van der Waals surface area contributed by atoms with Crippen LogP contribution in [-0.2, 0) is 19.7 Å². The van der Waals surface area contributed by atoms with Gasteiger partial charge < -0.3 is 14.8 Å². The molecule has 0 aliphatic rings. The molecule has 0 amide bonds. The predicted octanol–water partition coefficient (Wildman–Crippen LogP) is 2.86. The second kappa shape index (κ2) is 6.81. The fraction of sp³-hybridized carbons (Fsp3) is 0.278. The molecular formula is C18H21N3O2. The largest absolute Gasteiger partial charge is 0.462 e. The Morgan fingerprint density at radius 1 is 1.04 bits per heavy atom. The van der Waals surface area contributed by atoms with Gasteiger partial charge in [0.2, 0.25) is 0 Å². The summed E-state index contributed by atoms with van der Waals surface area (Å²) in [6.07, 6.45) is 0. The van der Waals surface area contributed by atoms with Gasteiger partial charge in [0.1, 0.15) is 18.1 Å². The average Bonchev–Trinajstić information content (AvgIpc) is 3.15. The Balaban J connectivity index is 1.70. The zero-order chi connectivity index (χ0) is 16.2. The molecule has 1 aromatic carbocycles. The van der Waals surface area contributed by atoms with Crippen LogP contribution in [0.25, 0.3) is 5.69 Å². The van der Waals surface area contributed by atoms with Crippen LogP contribution in [0, 0.1) is 13.8 Å². The number of rotatable bonds is 6. The van der Waals surface area contributed by atoms with Crippen LogP contribution in [0.1, 0.15) is 28.5 Å². The summed E-state index contributed by atoms with van der Waals surface area (Å²) < 4.78 is 7.45. The Kier molecular flexibility index (Phi) is 4.60. The summed E-state index contributed by atoms with van der Waals surface area (Å²) in [4.78, 5) is 0. The van der Waals surface area contributed by atoms with Crippen LogP contribution in [-0.4, -0.2) is 14.9 Å². The van der Waals surface area contributed by atoms with Gasteiger partial charge in [0.05, 0.1) is 17.9 Å². The predicted molar refractivity (Wildman–Crippen MR) is 88.2 cm³/mol. The molecular weight excluding hydrogens is 290 g/mol. The van der Waals surface area contributed by atoms with E-state index in [-0.39, 0.29) is 6.61 Å². The minimum atomic E-state index is -0.0674. The molecule has 0 radical (unpaired) electrons. The summed E-state index contributed by atoms with van der Waals surface area (Å²) in [6.45, 7) is 5.39. The van der Waals surface area contributed by atoms with Crippen LogP contribution in [0.5, 0.6) is 0 Å². The van der Waals surface area contributed by atoms with Crippen molar-refractivity contribution < 1.29 is 9.52 Å². The lowest BCUT2D eigenvalue weighted by Gasteiger charge is -2.06. The van der Waals surface area contributed by atoms with Crippen molar-refractivity contribution in [2.24, 2.45) is 0 Å². The quantitative estimate of drug-likeness (QED) is 0.735. The van der Waals surface area contributed by atoms with Gasteiger partial charge in [0, 0.05) is 17.8 Å². The maximum atomic E-state index is 9.01. The maximum Gasteiger partial charge on any atom is 0.129 e. The first-order valence-corrected chi connectivity index (χ1v) is 7.68. The number of furan rings is 1. The van der Waals surface area contributed by atoms with Crippen LogP contribution >= 0.6 is 0 Å². The van der Waals surface area contributed by atoms with Gasteiger partial charge in [-0.25, -0.2) is 4.68 Å². The van der Waals surface area contributed by atoms with Crippen LogP contribution in [0.2, 0.25) is 0 Å². The van der Waals surface area contributed by atoms with Crippen molar-refractivity contribution in [3.8, 4) is 5.69 Å². The number of aromatic nitrogens is 2. The van der Waals surface area contributed by atoms with Gasteiger partial charge in [-0.1, -0.05) is 18.2 Å². The van der Waals surface area contributed by atoms with Gasteiger partial charge in [0.15, 0.2) is 0 Å². The zero-order valence-corrected chi connectivity index (χ0v) is 13.4. The van der Waals surface area contributed by atoms with E-state index >= 15 is 0 Å². The summed E-state index contributed by atoms with van der Waals surface area (Å²) in [5.41, 5.74) is 4.42. The van der Waals surface area contributed by atoms with E-state index in [9.17, 15) is 0 Å². The third kappa shape index (κ3) is 3.36. The van der Waals surface area contributed by atoms with Gasteiger partial charge in [-0.15, -0.1) is 0 Å². The number of benzene rings is 1. The Bertz CT molecular complexity index is 775. The fourth-order valence-electron chi connectivity index (χ4n) is 2.66. The molecule has 3 rings (SSSR count). The van der Waals surface area contributed by atoms with Crippen molar-refractivity contribution in [1.82, 2.24) is 15.1 Å². The van der Waals surface area contributed by atoms with Gasteiger partial charge in [-0.05, 0) is 38.1 Å². The van der Waals surface area contributed by atoms with E-state index in [1.807, 2.05) is 35.9 Å². The molecule has 0 saturated carbocycles. The normalized spacial score (nSPS) is 11.1. The van der Waals surface area contributed by atoms with Crippen molar-refractivity contribution >= 4 is 0 Å². The number of aliphatic hydroxyl groups excluding tert-OH is 1. The molecule has 0 atom stereocenters. The van der Waals surface area contributed by atoms with E-state index < -0.39 is 0 Å². The number of hydrogen-bond donors (Lipinski definition) is 2. The molecule has 0 spiro atoms. The number of aliphatic hydroxyl groups is 1. The Hall–Kier alpha value is -2.37. The first-order valence-electron chi connectivity index (χ1n) is 7.68. The number of aryl methyl sites for hydroxylation is 1. The molecule has 3 aromatic rings. The van der Waals surface area contributed by atoms with Crippen LogP contribution < -0.4 is 5.32 Å². The molecule has 0 fully saturated rings. The minimum Gasteiger partial charge on any atom is -0.462 e. The molecule has 120 valence electrons. The van der Waals surface area contributed by atoms with E-state index in [1.165, 1.54) is 5.56 Å². The van der Waals surface area contributed by atoms with Gasteiger partial charge in [-0.2, -0.15) is 5.10 Å². The van der Waals surface area contributed by atoms with Gasteiger partial charge in [-0.3, -0.25) is 0 Å². The zero-order valence-electron chi connectivity index (χ0n) is 13.4. The smallest absolute Gasteiger partial charge is 0.129 e. The second-order valence-corrected chi connectivity index (χ2v) is 5.53. The second-order valence-electron chi connectivity index (χ2n) is 5.53. The van der Waals surface area contributed by atoms with E-state index in [4.69, 9.17) is 9.52 Å². The molecule has 2 aromatic heterocycles. The van der Waals surface area contributed by atoms with Gasteiger partial charge in [0.25, 0.3) is 0 Å². The molecule has 2 heterocycles. The molecule has 5 heteroatoms. The maximum absolute atomic E-state index is 9.01. The number of nitrogens with zero attached hydrogens (tertiary/aromatic N) is 2. The SMILES string of the molecule is Cc1nn(-c2ccccc2)c(C)c1CNCc1ccc(CO)o1. The number of nitrogens with one attached hydrogen (secondary N) is 1. The van der Waals surface area contributed by atoms with E-state index in [2.05, 4.69) is 29.5 Å². The lowest BCUT2D eigenvalue weighted by atomic mass is 10.2. The Labute approximate surface area is 135 Å². The molecule has 0 aliphatic carbocycles. The Morgan fingerprint density at radius 3 is 2.48 bits per heavy atom. The van der Waals surface area contributed by atoms with E-state index in [1.54, 1.807) is 6.07 Å². The fourth-order valence-corrected chi connectivity index (χ4v) is 2.66. The standard InChI is InChI=1S/C18H21N3O2/c1-13-18(11-19-10-16-8-9-17(12-22)23-16)14(2)21(20-13)15-6-4-3-5-7-15/h3-9,19,22H,10-12H2,1-2H3. The topological polar surface area (TPSA) is 63.2 Å². The van der Waals surface area contributed by atoms with E-state index in [0.717, 1.165) is 29.4 Å². The molecule has 2 N–H and O–H groups in total. The Morgan fingerprint density at radius 2 is 1.78 bits per heavy atom. The molecule has 0 aliphatic heterocycles. The highest BCUT2D eigenvalue weighted by Crippen LogP contribution is 2.18. The number of para-hydroxylation sites is 1. The first-order chi connectivity index (χ1) is 11.2. The van der Waals surface area contributed by atoms with Crippen LogP contribution in [0.15, 0.2) is 46.9 Å². The van der Waals surface area contributed by atoms with Crippen molar-refractivity contribution in [1.29, 1.82) is 0 Å². The van der Waals surface area contributed by atoms with Crippen LogP contribution in [0.3, 0.4) is 0 Å². The van der Waals surface area contributed by atoms with Crippen LogP contribution in [0.4, 0.5) is 0 Å².